The first-order valence-electron chi connectivity index (χ1n) is 9.04. The highest BCUT2D eigenvalue weighted by molar-refractivity contribution is 5.75. The third-order valence-electron chi connectivity index (χ3n) is 4.49. The highest BCUT2D eigenvalue weighted by Gasteiger charge is 2.08. The van der Waals surface area contributed by atoms with Crippen LogP contribution in [0.2, 0.25) is 0 Å². The van der Waals surface area contributed by atoms with Crippen LogP contribution in [-0.2, 0) is 4.79 Å². The molecule has 1 aromatic rings. The van der Waals surface area contributed by atoms with E-state index in [1.807, 2.05) is 12.1 Å². The second-order valence-electron chi connectivity index (χ2n) is 6.37. The van der Waals surface area contributed by atoms with Crippen molar-refractivity contribution in [1.29, 1.82) is 0 Å². The van der Waals surface area contributed by atoms with E-state index >= 15 is 0 Å². The Morgan fingerprint density at radius 1 is 1.22 bits per heavy atom. The highest BCUT2D eigenvalue weighted by atomic mass is 16.5. The van der Waals surface area contributed by atoms with Gasteiger partial charge in [0.2, 0.25) is 5.91 Å². The molecule has 130 valence electrons. The van der Waals surface area contributed by atoms with E-state index in [0.29, 0.717) is 18.9 Å². The Balaban J connectivity index is 2.20. The zero-order valence-electron chi connectivity index (χ0n) is 15.3. The fourth-order valence-electron chi connectivity index (χ4n) is 2.59. The van der Waals surface area contributed by atoms with E-state index in [0.717, 1.165) is 25.1 Å². The van der Waals surface area contributed by atoms with Crippen LogP contribution in [0.3, 0.4) is 0 Å². The van der Waals surface area contributed by atoms with Gasteiger partial charge in [-0.3, -0.25) is 4.79 Å². The van der Waals surface area contributed by atoms with Crippen molar-refractivity contribution in [3.63, 3.8) is 0 Å². The maximum atomic E-state index is 11.9. The number of carbonyl (C=O) groups is 1. The molecule has 1 atom stereocenters. The lowest BCUT2D eigenvalue weighted by Gasteiger charge is -2.15. The molecule has 1 N–H and O–H groups in total. The third-order valence-corrected chi connectivity index (χ3v) is 4.49. The van der Waals surface area contributed by atoms with Crippen molar-refractivity contribution in [2.45, 2.75) is 66.2 Å². The Labute approximate surface area is 141 Å². The van der Waals surface area contributed by atoms with Crippen molar-refractivity contribution >= 4 is 5.91 Å². The lowest BCUT2D eigenvalue weighted by molar-refractivity contribution is -0.121. The zero-order valence-corrected chi connectivity index (χ0v) is 15.3. The minimum atomic E-state index is 0.143. The average Bonchev–Trinajstić information content (AvgIpc) is 2.55. The summed E-state index contributed by atoms with van der Waals surface area (Å²) in [6.45, 7) is 9.96. The van der Waals surface area contributed by atoms with Gasteiger partial charge in [-0.15, -0.1) is 0 Å². The molecule has 0 radical (unpaired) electrons. The Morgan fingerprint density at radius 2 is 2.00 bits per heavy atom. The lowest BCUT2D eigenvalue weighted by atomic mass is 9.99. The molecule has 0 fully saturated rings. The van der Waals surface area contributed by atoms with Crippen molar-refractivity contribution < 1.29 is 9.53 Å². The first-order chi connectivity index (χ1) is 11.1. The van der Waals surface area contributed by atoms with Gasteiger partial charge in [-0.25, -0.2) is 0 Å². The number of rotatable bonds is 11. The van der Waals surface area contributed by atoms with Crippen LogP contribution in [0.4, 0.5) is 0 Å². The van der Waals surface area contributed by atoms with Gasteiger partial charge >= 0.3 is 0 Å². The van der Waals surface area contributed by atoms with Crippen molar-refractivity contribution in [2.75, 3.05) is 13.2 Å². The summed E-state index contributed by atoms with van der Waals surface area (Å²) in [5.41, 5.74) is 2.41. The Kier molecular flexibility index (Phi) is 9.42. The average molecular weight is 319 g/mol. The largest absolute Gasteiger partial charge is 0.493 e. The zero-order chi connectivity index (χ0) is 17.1. The Bertz CT molecular complexity index is 471. The molecule has 0 heterocycles. The number of hydrogen-bond donors (Lipinski definition) is 1. The smallest absolute Gasteiger partial charge is 0.220 e. The maximum Gasteiger partial charge on any atom is 0.220 e. The standard InChI is InChI=1S/C20H33NO2/c1-5-7-11-18(6-2)15-21-20(22)13-9-14-23-19-12-8-10-16(3)17(19)4/h8,10,12,18H,5-7,9,11,13-15H2,1-4H3,(H,21,22). The number of ether oxygens (including phenoxy) is 1. The van der Waals surface area contributed by atoms with Crippen LogP contribution in [0.5, 0.6) is 5.75 Å². The molecule has 1 amide bonds. The fourth-order valence-corrected chi connectivity index (χ4v) is 2.59. The minimum absolute atomic E-state index is 0.143. The molecule has 0 saturated heterocycles. The summed E-state index contributed by atoms with van der Waals surface area (Å²) in [7, 11) is 0. The summed E-state index contributed by atoms with van der Waals surface area (Å²) in [5.74, 6) is 1.69. The normalized spacial score (nSPS) is 12.0. The Morgan fingerprint density at radius 3 is 2.70 bits per heavy atom. The molecule has 3 heteroatoms. The lowest BCUT2D eigenvalue weighted by Crippen LogP contribution is -2.29. The molecular formula is C20H33NO2. The van der Waals surface area contributed by atoms with Crippen LogP contribution in [0, 0.1) is 19.8 Å². The quantitative estimate of drug-likeness (QED) is 0.595. The monoisotopic (exact) mass is 319 g/mol. The molecular weight excluding hydrogens is 286 g/mol. The number of aryl methyl sites for hydroxylation is 1. The van der Waals surface area contributed by atoms with E-state index in [1.54, 1.807) is 0 Å². The number of carbonyl (C=O) groups excluding carboxylic acids is 1. The second kappa shape index (κ2) is 11.1. The first kappa shape index (κ1) is 19.5. The van der Waals surface area contributed by atoms with Gasteiger partial charge in [0.05, 0.1) is 6.61 Å². The highest BCUT2D eigenvalue weighted by Crippen LogP contribution is 2.20. The third kappa shape index (κ3) is 7.54. The van der Waals surface area contributed by atoms with Gasteiger partial charge in [-0.05, 0) is 49.8 Å². The van der Waals surface area contributed by atoms with Gasteiger partial charge in [0.25, 0.3) is 0 Å². The van der Waals surface area contributed by atoms with Gasteiger partial charge in [-0.2, -0.15) is 0 Å². The fraction of sp³-hybridized carbons (Fsp3) is 0.650. The predicted molar refractivity (Wildman–Crippen MR) is 97.0 cm³/mol. The van der Waals surface area contributed by atoms with Gasteiger partial charge < -0.3 is 10.1 Å². The molecule has 0 spiro atoms. The molecule has 0 aliphatic carbocycles. The molecule has 1 aromatic carbocycles. The molecule has 0 aliphatic heterocycles. The van der Waals surface area contributed by atoms with E-state index in [2.05, 4.69) is 39.1 Å². The van der Waals surface area contributed by atoms with Crippen molar-refractivity contribution in [1.82, 2.24) is 5.32 Å². The van der Waals surface area contributed by atoms with Crippen molar-refractivity contribution in [3.8, 4) is 5.75 Å². The summed E-state index contributed by atoms with van der Waals surface area (Å²) < 4.78 is 5.79. The van der Waals surface area contributed by atoms with Gasteiger partial charge in [-0.1, -0.05) is 45.2 Å². The molecule has 0 bridgehead atoms. The SMILES string of the molecule is CCCCC(CC)CNC(=O)CCCOc1cccc(C)c1C. The van der Waals surface area contributed by atoms with Crippen LogP contribution >= 0.6 is 0 Å². The molecule has 0 aromatic heterocycles. The number of hydrogen-bond acceptors (Lipinski definition) is 2. The van der Waals surface area contributed by atoms with Crippen LogP contribution < -0.4 is 10.1 Å². The van der Waals surface area contributed by atoms with Crippen molar-refractivity contribution in [2.24, 2.45) is 5.92 Å². The summed E-state index contributed by atoms with van der Waals surface area (Å²) in [6.07, 6.45) is 6.11. The second-order valence-corrected chi connectivity index (χ2v) is 6.37. The number of benzene rings is 1. The van der Waals surface area contributed by atoms with Crippen LogP contribution in [0.25, 0.3) is 0 Å². The van der Waals surface area contributed by atoms with E-state index in [-0.39, 0.29) is 5.91 Å². The maximum absolute atomic E-state index is 11.9. The molecule has 1 unspecified atom stereocenters. The number of nitrogens with one attached hydrogen (secondary N) is 1. The number of unbranched alkanes of at least 4 members (excludes halogenated alkanes) is 1. The first-order valence-corrected chi connectivity index (χ1v) is 9.04. The van der Waals surface area contributed by atoms with Gasteiger partial charge in [0.1, 0.15) is 5.75 Å². The minimum Gasteiger partial charge on any atom is -0.493 e. The van der Waals surface area contributed by atoms with E-state index in [4.69, 9.17) is 4.74 Å². The molecule has 3 nitrogen and oxygen atoms in total. The Hall–Kier alpha value is -1.51. The molecule has 0 aliphatic rings. The number of amides is 1. The molecule has 23 heavy (non-hydrogen) atoms. The van der Waals surface area contributed by atoms with Crippen molar-refractivity contribution in [3.05, 3.63) is 29.3 Å². The van der Waals surface area contributed by atoms with E-state index < -0.39 is 0 Å². The molecule has 1 rings (SSSR count). The van der Waals surface area contributed by atoms with E-state index in [9.17, 15) is 4.79 Å². The topological polar surface area (TPSA) is 38.3 Å². The summed E-state index contributed by atoms with van der Waals surface area (Å²) in [5, 5.41) is 3.07. The van der Waals surface area contributed by atoms with E-state index in [1.165, 1.54) is 30.4 Å². The summed E-state index contributed by atoms with van der Waals surface area (Å²) in [4.78, 5) is 11.9. The molecule has 0 saturated carbocycles. The van der Waals surface area contributed by atoms with Gasteiger partial charge in [0, 0.05) is 13.0 Å². The van der Waals surface area contributed by atoms with Gasteiger partial charge in [0.15, 0.2) is 0 Å². The predicted octanol–water partition coefficient (Wildman–Crippen LogP) is 4.80. The van der Waals surface area contributed by atoms with Crippen LogP contribution in [0.15, 0.2) is 18.2 Å². The summed E-state index contributed by atoms with van der Waals surface area (Å²) in [6, 6.07) is 6.08. The van der Waals surface area contributed by atoms with Crippen LogP contribution in [-0.4, -0.2) is 19.1 Å². The van der Waals surface area contributed by atoms with Crippen LogP contribution in [0.1, 0.15) is 63.5 Å². The summed E-state index contributed by atoms with van der Waals surface area (Å²) >= 11 is 0.